The van der Waals surface area contributed by atoms with Crippen LogP contribution in [0.15, 0.2) is 24.3 Å². The summed E-state index contributed by atoms with van der Waals surface area (Å²) in [5.41, 5.74) is 10.5. The van der Waals surface area contributed by atoms with Gasteiger partial charge in [-0.3, -0.25) is 0 Å². The van der Waals surface area contributed by atoms with E-state index < -0.39 is 0 Å². The second kappa shape index (κ2) is 6.43. The minimum Gasteiger partial charge on any atom is -0.348 e. The zero-order chi connectivity index (χ0) is 15.7. The molecule has 1 aliphatic rings. The van der Waals surface area contributed by atoms with E-state index in [9.17, 15) is 0 Å². The molecule has 120 valence electrons. The van der Waals surface area contributed by atoms with Crippen LogP contribution in [0.4, 0.5) is 0 Å². The van der Waals surface area contributed by atoms with Crippen LogP contribution in [-0.2, 0) is 7.05 Å². The van der Waals surface area contributed by atoms with E-state index in [0.717, 1.165) is 12.5 Å². The van der Waals surface area contributed by atoms with E-state index >= 15 is 0 Å². The maximum atomic E-state index is 6.25. The number of likely N-dealkylation sites (tertiary alicyclic amines) is 1. The van der Waals surface area contributed by atoms with E-state index in [1.807, 2.05) is 0 Å². The largest absolute Gasteiger partial charge is 0.348 e. The van der Waals surface area contributed by atoms with E-state index in [4.69, 9.17) is 5.73 Å². The molecule has 1 fully saturated rings. The van der Waals surface area contributed by atoms with Crippen LogP contribution in [-0.4, -0.2) is 35.6 Å². The van der Waals surface area contributed by atoms with Gasteiger partial charge in [-0.25, -0.2) is 0 Å². The average Bonchev–Trinajstić information content (AvgIpc) is 2.82. The van der Waals surface area contributed by atoms with Crippen molar-refractivity contribution in [2.24, 2.45) is 18.7 Å². The van der Waals surface area contributed by atoms with E-state index in [1.165, 1.54) is 54.6 Å². The van der Waals surface area contributed by atoms with Crippen molar-refractivity contribution in [1.82, 2.24) is 9.47 Å². The standard InChI is InChI=1S/C19H29N3/c1-4-22-11-9-15(10-12-22)17(13-20)19-14(2)21(3)18-8-6-5-7-16(18)19/h5-8,15,17H,4,9-13,20H2,1-3H3. The fourth-order valence-electron chi connectivity index (χ4n) is 4.24. The maximum Gasteiger partial charge on any atom is 0.0482 e. The molecule has 22 heavy (non-hydrogen) atoms. The van der Waals surface area contributed by atoms with Gasteiger partial charge in [-0.1, -0.05) is 25.1 Å². The number of benzene rings is 1. The smallest absolute Gasteiger partial charge is 0.0482 e. The number of aromatic nitrogens is 1. The Morgan fingerprint density at radius 2 is 1.91 bits per heavy atom. The van der Waals surface area contributed by atoms with Crippen LogP contribution >= 0.6 is 0 Å². The van der Waals surface area contributed by atoms with Crippen molar-refractivity contribution in [2.75, 3.05) is 26.2 Å². The molecule has 3 nitrogen and oxygen atoms in total. The highest BCUT2D eigenvalue weighted by Crippen LogP contribution is 2.38. The van der Waals surface area contributed by atoms with Gasteiger partial charge in [0.1, 0.15) is 0 Å². The average molecular weight is 299 g/mol. The topological polar surface area (TPSA) is 34.2 Å². The van der Waals surface area contributed by atoms with Crippen LogP contribution < -0.4 is 5.73 Å². The van der Waals surface area contributed by atoms with Crippen LogP contribution in [0, 0.1) is 12.8 Å². The van der Waals surface area contributed by atoms with Crippen molar-refractivity contribution >= 4 is 10.9 Å². The summed E-state index contributed by atoms with van der Waals surface area (Å²) in [5, 5.41) is 1.40. The summed E-state index contributed by atoms with van der Waals surface area (Å²) >= 11 is 0. The van der Waals surface area contributed by atoms with Crippen LogP contribution in [0.2, 0.25) is 0 Å². The lowest BCUT2D eigenvalue weighted by Crippen LogP contribution is -2.37. The van der Waals surface area contributed by atoms with Crippen molar-refractivity contribution in [3.05, 3.63) is 35.5 Å². The third-order valence-electron chi connectivity index (χ3n) is 5.72. The van der Waals surface area contributed by atoms with Gasteiger partial charge >= 0.3 is 0 Å². The van der Waals surface area contributed by atoms with Crippen molar-refractivity contribution in [3.8, 4) is 0 Å². The molecule has 3 rings (SSSR count). The zero-order valence-electron chi connectivity index (χ0n) is 14.2. The van der Waals surface area contributed by atoms with Gasteiger partial charge in [0.25, 0.3) is 0 Å². The third kappa shape index (κ3) is 2.57. The fraction of sp³-hybridized carbons (Fsp3) is 0.579. The molecule has 0 bridgehead atoms. The van der Waals surface area contributed by atoms with Crippen LogP contribution in [0.25, 0.3) is 10.9 Å². The van der Waals surface area contributed by atoms with Crippen molar-refractivity contribution < 1.29 is 0 Å². The number of fused-ring (bicyclic) bond motifs is 1. The number of nitrogens with two attached hydrogens (primary N) is 1. The number of piperidine rings is 1. The molecule has 2 aromatic rings. The molecule has 0 saturated carbocycles. The molecule has 0 spiro atoms. The van der Waals surface area contributed by atoms with Gasteiger partial charge in [-0.2, -0.15) is 0 Å². The van der Waals surface area contributed by atoms with Gasteiger partial charge in [0.05, 0.1) is 0 Å². The Morgan fingerprint density at radius 3 is 2.55 bits per heavy atom. The molecule has 1 saturated heterocycles. The van der Waals surface area contributed by atoms with Gasteiger partial charge < -0.3 is 15.2 Å². The number of hydrogen-bond donors (Lipinski definition) is 1. The second-order valence-corrected chi connectivity index (χ2v) is 6.69. The minimum absolute atomic E-state index is 0.491. The Kier molecular flexibility index (Phi) is 4.55. The predicted octanol–water partition coefficient (Wildman–Crippen LogP) is 3.26. The Hall–Kier alpha value is -1.32. The quantitative estimate of drug-likeness (QED) is 0.940. The molecule has 1 aromatic heterocycles. The summed E-state index contributed by atoms with van der Waals surface area (Å²) in [5.74, 6) is 1.21. The molecule has 1 aliphatic heterocycles. The van der Waals surface area contributed by atoms with Crippen LogP contribution in [0.3, 0.4) is 0 Å². The van der Waals surface area contributed by atoms with E-state index in [-0.39, 0.29) is 0 Å². The van der Waals surface area contributed by atoms with E-state index in [0.29, 0.717) is 5.92 Å². The first-order valence-electron chi connectivity index (χ1n) is 8.63. The highest BCUT2D eigenvalue weighted by Gasteiger charge is 2.29. The molecule has 1 unspecified atom stereocenters. The minimum atomic E-state index is 0.491. The lowest BCUT2D eigenvalue weighted by molar-refractivity contribution is 0.176. The van der Waals surface area contributed by atoms with Crippen LogP contribution in [0.1, 0.15) is 36.9 Å². The Bertz CT molecular complexity index is 635. The number of rotatable bonds is 4. The Balaban J connectivity index is 1.96. The maximum absolute atomic E-state index is 6.25. The molecular formula is C19H29N3. The molecule has 2 N–H and O–H groups in total. The third-order valence-corrected chi connectivity index (χ3v) is 5.72. The molecule has 1 aromatic carbocycles. The second-order valence-electron chi connectivity index (χ2n) is 6.69. The molecule has 3 heteroatoms. The fourth-order valence-corrected chi connectivity index (χ4v) is 4.24. The zero-order valence-corrected chi connectivity index (χ0v) is 14.2. The van der Waals surface area contributed by atoms with Gasteiger partial charge in [0.15, 0.2) is 0 Å². The molecule has 0 amide bonds. The number of nitrogens with zero attached hydrogens (tertiary/aromatic N) is 2. The van der Waals surface area contributed by atoms with Gasteiger partial charge in [-0.15, -0.1) is 0 Å². The highest BCUT2D eigenvalue weighted by atomic mass is 15.1. The van der Waals surface area contributed by atoms with Crippen LogP contribution in [0.5, 0.6) is 0 Å². The summed E-state index contributed by atoms with van der Waals surface area (Å²) in [4.78, 5) is 2.56. The lowest BCUT2D eigenvalue weighted by atomic mass is 9.79. The monoisotopic (exact) mass is 299 g/mol. The van der Waals surface area contributed by atoms with Gasteiger partial charge in [-0.05, 0) is 63.5 Å². The normalized spacial score (nSPS) is 18.9. The Morgan fingerprint density at radius 1 is 1.23 bits per heavy atom. The molecule has 1 atom stereocenters. The first-order chi connectivity index (χ1) is 10.7. The van der Waals surface area contributed by atoms with Gasteiger partial charge in [0.2, 0.25) is 0 Å². The first kappa shape index (κ1) is 15.6. The SMILES string of the molecule is CCN1CCC(C(CN)c2c(C)n(C)c3ccccc23)CC1. The summed E-state index contributed by atoms with van der Waals surface area (Å²) in [6.45, 7) is 8.89. The molecule has 2 heterocycles. The first-order valence-corrected chi connectivity index (χ1v) is 8.63. The van der Waals surface area contributed by atoms with E-state index in [1.54, 1.807) is 0 Å². The number of para-hydroxylation sites is 1. The summed E-state index contributed by atoms with van der Waals surface area (Å²) in [6.07, 6.45) is 2.55. The summed E-state index contributed by atoms with van der Waals surface area (Å²) in [7, 11) is 2.18. The Labute approximate surface area is 134 Å². The molecular weight excluding hydrogens is 270 g/mol. The molecule has 0 aliphatic carbocycles. The predicted molar refractivity (Wildman–Crippen MR) is 94.3 cm³/mol. The number of aryl methyl sites for hydroxylation is 1. The van der Waals surface area contributed by atoms with Crippen molar-refractivity contribution in [3.63, 3.8) is 0 Å². The van der Waals surface area contributed by atoms with E-state index in [2.05, 4.69) is 54.6 Å². The summed E-state index contributed by atoms with van der Waals surface area (Å²) < 4.78 is 2.33. The molecule has 0 radical (unpaired) electrons. The van der Waals surface area contributed by atoms with Gasteiger partial charge in [0, 0.05) is 29.6 Å². The highest BCUT2D eigenvalue weighted by molar-refractivity contribution is 5.86. The lowest BCUT2D eigenvalue weighted by Gasteiger charge is -2.35. The van der Waals surface area contributed by atoms with Crippen molar-refractivity contribution in [1.29, 1.82) is 0 Å². The number of hydrogen-bond acceptors (Lipinski definition) is 2. The summed E-state index contributed by atoms with van der Waals surface area (Å²) in [6, 6.07) is 8.77. The van der Waals surface area contributed by atoms with Crippen molar-refractivity contribution in [2.45, 2.75) is 32.6 Å².